The van der Waals surface area contributed by atoms with Gasteiger partial charge in [0.1, 0.15) is 0 Å². The van der Waals surface area contributed by atoms with Crippen molar-refractivity contribution >= 4 is 32.4 Å². The van der Waals surface area contributed by atoms with E-state index in [0.717, 1.165) is 15.6 Å². The summed E-state index contributed by atoms with van der Waals surface area (Å²) in [6, 6.07) is 0. The molecule has 68 valence electrons. The monoisotopic (exact) mass is 249 g/mol. The highest BCUT2D eigenvalue weighted by molar-refractivity contribution is 9.11. The number of anilines is 1. The third-order valence-electron chi connectivity index (χ3n) is 1.56. The Labute approximate surface area is 84.9 Å². The largest absolute Gasteiger partial charge is 0.350 e. The van der Waals surface area contributed by atoms with Crippen molar-refractivity contribution in [1.29, 1.82) is 0 Å². The van der Waals surface area contributed by atoms with E-state index >= 15 is 0 Å². The van der Waals surface area contributed by atoms with E-state index in [0.29, 0.717) is 0 Å². The Morgan fingerprint density at radius 2 is 2.25 bits per heavy atom. The number of rotatable bonds is 4. The third-order valence-corrected chi connectivity index (χ3v) is 3.03. The maximum absolute atomic E-state index is 4.02. The lowest BCUT2D eigenvalue weighted by Crippen LogP contribution is -2.17. The Balaban J connectivity index is 2.47. The van der Waals surface area contributed by atoms with Gasteiger partial charge < -0.3 is 4.90 Å². The van der Waals surface area contributed by atoms with Crippen molar-refractivity contribution in [2.45, 2.75) is 19.8 Å². The van der Waals surface area contributed by atoms with Gasteiger partial charge in [0.2, 0.25) is 5.13 Å². The SMILES string of the molecule is CCCCN(C)c1nnc(Br)s1. The lowest BCUT2D eigenvalue weighted by atomic mass is 10.3. The molecule has 0 fully saturated rings. The van der Waals surface area contributed by atoms with E-state index in [1.54, 1.807) is 11.3 Å². The van der Waals surface area contributed by atoms with E-state index in [2.05, 4.69) is 38.0 Å². The lowest BCUT2D eigenvalue weighted by Gasteiger charge is -2.13. The summed E-state index contributed by atoms with van der Waals surface area (Å²) < 4.78 is 0.848. The van der Waals surface area contributed by atoms with Gasteiger partial charge in [0.15, 0.2) is 3.92 Å². The smallest absolute Gasteiger partial charge is 0.208 e. The highest BCUT2D eigenvalue weighted by Gasteiger charge is 2.05. The van der Waals surface area contributed by atoms with Crippen LogP contribution < -0.4 is 4.90 Å². The minimum atomic E-state index is 0.848. The molecule has 0 aromatic carbocycles. The standard InChI is InChI=1S/C7H12BrN3S/c1-3-4-5-11(2)7-10-9-6(8)12-7/h3-5H2,1-2H3. The van der Waals surface area contributed by atoms with Gasteiger partial charge in [-0.3, -0.25) is 0 Å². The summed E-state index contributed by atoms with van der Waals surface area (Å²) in [6.45, 7) is 3.24. The molecule has 0 saturated heterocycles. The Kier molecular flexibility index (Phi) is 3.94. The lowest BCUT2D eigenvalue weighted by molar-refractivity contribution is 0.761. The number of hydrogen-bond donors (Lipinski definition) is 0. The Bertz CT molecular complexity index is 238. The van der Waals surface area contributed by atoms with Crippen LogP contribution in [0.1, 0.15) is 19.8 Å². The van der Waals surface area contributed by atoms with Crippen molar-refractivity contribution in [3.63, 3.8) is 0 Å². The fourth-order valence-corrected chi connectivity index (χ4v) is 1.92. The van der Waals surface area contributed by atoms with Gasteiger partial charge in [-0.2, -0.15) is 0 Å². The summed E-state index contributed by atoms with van der Waals surface area (Å²) >= 11 is 4.85. The van der Waals surface area contributed by atoms with Crippen LogP contribution in [-0.2, 0) is 0 Å². The highest BCUT2D eigenvalue weighted by atomic mass is 79.9. The summed E-state index contributed by atoms with van der Waals surface area (Å²) in [6.07, 6.45) is 2.41. The number of unbranched alkanes of at least 4 members (excludes halogenated alkanes) is 1. The Morgan fingerprint density at radius 1 is 1.50 bits per heavy atom. The molecule has 0 aliphatic carbocycles. The van der Waals surface area contributed by atoms with Gasteiger partial charge >= 0.3 is 0 Å². The third kappa shape index (κ3) is 2.71. The van der Waals surface area contributed by atoms with Crippen molar-refractivity contribution in [2.24, 2.45) is 0 Å². The van der Waals surface area contributed by atoms with Crippen LogP contribution in [0.2, 0.25) is 0 Å². The van der Waals surface area contributed by atoms with Gasteiger partial charge in [0, 0.05) is 13.6 Å². The van der Waals surface area contributed by atoms with Crippen molar-refractivity contribution in [3.8, 4) is 0 Å². The van der Waals surface area contributed by atoms with E-state index in [-0.39, 0.29) is 0 Å². The van der Waals surface area contributed by atoms with Crippen molar-refractivity contribution in [1.82, 2.24) is 10.2 Å². The molecule has 0 radical (unpaired) electrons. The number of aromatic nitrogens is 2. The molecule has 0 aliphatic heterocycles. The zero-order valence-corrected chi connectivity index (χ0v) is 9.65. The molecule has 1 aromatic heterocycles. The predicted molar refractivity (Wildman–Crippen MR) is 55.8 cm³/mol. The second kappa shape index (κ2) is 4.77. The summed E-state index contributed by atoms with van der Waals surface area (Å²) in [5, 5.41) is 8.89. The minimum absolute atomic E-state index is 0.848. The van der Waals surface area contributed by atoms with Crippen LogP contribution in [0.15, 0.2) is 3.92 Å². The average molecular weight is 250 g/mol. The van der Waals surface area contributed by atoms with E-state index in [1.165, 1.54) is 12.8 Å². The first-order valence-electron chi connectivity index (χ1n) is 3.94. The molecule has 5 heteroatoms. The summed E-state index contributed by atoms with van der Waals surface area (Å²) in [4.78, 5) is 2.13. The zero-order valence-electron chi connectivity index (χ0n) is 7.25. The molecule has 0 N–H and O–H groups in total. The molecule has 12 heavy (non-hydrogen) atoms. The average Bonchev–Trinajstić information content (AvgIpc) is 2.47. The highest BCUT2D eigenvalue weighted by Crippen LogP contribution is 2.22. The van der Waals surface area contributed by atoms with Gasteiger partial charge in [-0.05, 0) is 22.4 Å². The molecular weight excluding hydrogens is 238 g/mol. The van der Waals surface area contributed by atoms with E-state index in [9.17, 15) is 0 Å². The molecule has 0 aliphatic rings. The second-order valence-corrected chi connectivity index (χ2v) is 4.84. The number of halogens is 1. The first-order valence-corrected chi connectivity index (χ1v) is 5.55. The molecule has 0 unspecified atom stereocenters. The molecule has 1 heterocycles. The first-order chi connectivity index (χ1) is 5.74. The quantitative estimate of drug-likeness (QED) is 0.822. The van der Waals surface area contributed by atoms with Crippen LogP contribution in [-0.4, -0.2) is 23.8 Å². The number of nitrogens with zero attached hydrogens (tertiary/aromatic N) is 3. The van der Waals surface area contributed by atoms with Crippen LogP contribution in [0.5, 0.6) is 0 Å². The molecule has 0 bridgehead atoms. The normalized spacial score (nSPS) is 10.2. The molecule has 1 aromatic rings. The topological polar surface area (TPSA) is 29.0 Å². The van der Waals surface area contributed by atoms with Gasteiger partial charge in [0.25, 0.3) is 0 Å². The van der Waals surface area contributed by atoms with Crippen LogP contribution in [0.4, 0.5) is 5.13 Å². The molecule has 1 rings (SSSR count). The molecule has 0 saturated carbocycles. The fraction of sp³-hybridized carbons (Fsp3) is 0.714. The zero-order chi connectivity index (χ0) is 8.97. The Morgan fingerprint density at radius 3 is 2.75 bits per heavy atom. The first kappa shape index (κ1) is 9.92. The molecule has 0 atom stereocenters. The summed E-state index contributed by atoms with van der Waals surface area (Å²) in [5.41, 5.74) is 0. The Hall–Kier alpha value is -0.160. The van der Waals surface area contributed by atoms with Crippen LogP contribution in [0.25, 0.3) is 0 Å². The minimum Gasteiger partial charge on any atom is -0.350 e. The van der Waals surface area contributed by atoms with Crippen molar-refractivity contribution < 1.29 is 0 Å². The van der Waals surface area contributed by atoms with Crippen LogP contribution in [0, 0.1) is 0 Å². The van der Waals surface area contributed by atoms with Crippen LogP contribution >= 0.6 is 27.3 Å². The molecular formula is C7H12BrN3S. The second-order valence-electron chi connectivity index (χ2n) is 2.61. The molecule has 0 amide bonds. The van der Waals surface area contributed by atoms with Gasteiger partial charge in [-0.25, -0.2) is 0 Å². The van der Waals surface area contributed by atoms with Gasteiger partial charge in [-0.1, -0.05) is 24.7 Å². The summed E-state index contributed by atoms with van der Waals surface area (Å²) in [5.74, 6) is 0. The maximum atomic E-state index is 4.02. The van der Waals surface area contributed by atoms with Gasteiger partial charge in [-0.15, -0.1) is 10.2 Å². The van der Waals surface area contributed by atoms with Gasteiger partial charge in [0.05, 0.1) is 0 Å². The number of hydrogen-bond acceptors (Lipinski definition) is 4. The van der Waals surface area contributed by atoms with E-state index < -0.39 is 0 Å². The van der Waals surface area contributed by atoms with Crippen LogP contribution in [0.3, 0.4) is 0 Å². The fourth-order valence-electron chi connectivity index (χ4n) is 0.843. The van der Waals surface area contributed by atoms with E-state index in [4.69, 9.17) is 0 Å². The summed E-state index contributed by atoms with van der Waals surface area (Å²) in [7, 11) is 2.04. The molecule has 3 nitrogen and oxygen atoms in total. The van der Waals surface area contributed by atoms with Crippen molar-refractivity contribution in [3.05, 3.63) is 3.92 Å². The van der Waals surface area contributed by atoms with E-state index in [1.807, 2.05) is 7.05 Å². The van der Waals surface area contributed by atoms with Crippen molar-refractivity contribution in [2.75, 3.05) is 18.5 Å². The maximum Gasteiger partial charge on any atom is 0.208 e. The predicted octanol–water partition coefficient (Wildman–Crippen LogP) is 2.54. The molecule has 0 spiro atoms.